The number of carbonyl (C=O) groups is 2. The van der Waals surface area contributed by atoms with Crippen LogP contribution in [0.4, 0.5) is 10.8 Å². The van der Waals surface area contributed by atoms with Gasteiger partial charge in [-0.15, -0.1) is 11.3 Å². The Balaban J connectivity index is 1.47. The van der Waals surface area contributed by atoms with E-state index in [-0.39, 0.29) is 41.6 Å². The van der Waals surface area contributed by atoms with E-state index in [4.69, 9.17) is 10.7 Å². The number of rotatable bonds is 6. The molecule has 0 spiro atoms. The number of primary amides is 1. The summed E-state index contributed by atoms with van der Waals surface area (Å²) in [6, 6.07) is 9.91. The van der Waals surface area contributed by atoms with E-state index in [1.165, 1.54) is 0 Å². The van der Waals surface area contributed by atoms with Gasteiger partial charge < -0.3 is 26.2 Å². The van der Waals surface area contributed by atoms with Crippen LogP contribution in [0.1, 0.15) is 62.4 Å². The molecule has 2 fully saturated rings. The highest BCUT2D eigenvalue weighted by molar-refractivity contribution is 7.15. The lowest BCUT2D eigenvalue weighted by molar-refractivity contribution is -0.148. The van der Waals surface area contributed by atoms with Gasteiger partial charge in [-0.05, 0) is 55.6 Å². The van der Waals surface area contributed by atoms with Crippen LogP contribution < -0.4 is 11.1 Å². The molecule has 0 radical (unpaired) electrons. The van der Waals surface area contributed by atoms with Crippen LogP contribution in [0, 0.1) is 22.7 Å². The number of likely N-dealkylation sites (tertiary alicyclic amines) is 1. The van der Waals surface area contributed by atoms with Gasteiger partial charge in [0.1, 0.15) is 0 Å². The molecule has 5 rings (SSSR count). The Morgan fingerprint density at radius 1 is 1.19 bits per heavy atom. The minimum absolute atomic E-state index is 0.0182. The highest BCUT2D eigenvalue weighted by Crippen LogP contribution is 2.63. The highest BCUT2D eigenvalue weighted by Gasteiger charge is 2.59. The number of nitrogens with two attached hydrogens (primary N) is 1. The summed E-state index contributed by atoms with van der Waals surface area (Å²) < 4.78 is 0. The van der Waals surface area contributed by atoms with E-state index >= 15 is 0 Å². The lowest BCUT2D eigenvalue weighted by atomic mass is 9.47. The molecule has 2 aliphatic carbocycles. The zero-order valence-corrected chi connectivity index (χ0v) is 22.5. The first-order chi connectivity index (χ1) is 17.7. The number of fused-ring (bicyclic) bond motifs is 2. The average Bonchev–Trinajstić information content (AvgIpc) is 3.30. The topological polar surface area (TPSA) is 129 Å². The second-order valence-electron chi connectivity index (χ2n) is 11.6. The molecular formula is C28H38N4O4S. The number of aliphatic hydroxyl groups is 2. The molecule has 1 aliphatic heterocycles. The SMILES string of the molecule is C[C@]1(CO)[C@H]2Cc3sc(Nc4ccccc4)nc3[C@@H](CC(=O)N3CCC(C(N)=O)CC3)[C@]2(C)CC[C@H]1O. The summed E-state index contributed by atoms with van der Waals surface area (Å²) >= 11 is 1.61. The molecule has 5 N–H and O–H groups in total. The third kappa shape index (κ3) is 4.66. The summed E-state index contributed by atoms with van der Waals surface area (Å²) in [4.78, 5) is 33.3. The Kier molecular flexibility index (Phi) is 7.06. The molecule has 0 bridgehead atoms. The van der Waals surface area contributed by atoms with Crippen LogP contribution >= 0.6 is 11.3 Å². The number of para-hydroxylation sites is 1. The third-order valence-electron chi connectivity index (χ3n) is 9.55. The molecule has 37 heavy (non-hydrogen) atoms. The third-order valence-corrected chi connectivity index (χ3v) is 10.6. The molecule has 1 aromatic carbocycles. The molecule has 1 aromatic heterocycles. The number of aromatic nitrogens is 1. The number of hydrogen-bond acceptors (Lipinski definition) is 7. The van der Waals surface area contributed by atoms with Gasteiger partial charge in [0.05, 0.1) is 18.4 Å². The maximum absolute atomic E-state index is 13.6. The standard InChI is InChI=1S/C28H38N4O4S/c1-27-11-8-22(34)28(2,16-33)21(27)15-20-24(31-26(37-20)30-18-6-4-3-5-7-18)19(27)14-23(35)32-12-9-17(10-13-32)25(29)36/h3-7,17,19,21-22,33-34H,8-16H2,1-2H3,(H2,29,36)(H,30,31)/t19-,21+,22-,27+,28+/m1/s1. The second kappa shape index (κ2) is 10.0. The second-order valence-corrected chi connectivity index (χ2v) is 12.7. The molecule has 200 valence electrons. The molecular weight excluding hydrogens is 488 g/mol. The lowest BCUT2D eigenvalue weighted by Gasteiger charge is -2.58. The summed E-state index contributed by atoms with van der Waals surface area (Å²) in [5.41, 5.74) is 6.48. The number of anilines is 2. The van der Waals surface area contributed by atoms with Crippen molar-refractivity contribution in [2.45, 2.75) is 64.4 Å². The predicted octanol–water partition coefficient (Wildman–Crippen LogP) is 3.42. The molecule has 1 saturated heterocycles. The summed E-state index contributed by atoms with van der Waals surface area (Å²) in [7, 11) is 0. The Hall–Kier alpha value is -2.49. The van der Waals surface area contributed by atoms with Crippen LogP contribution in [0.3, 0.4) is 0 Å². The quantitative estimate of drug-likeness (QED) is 0.457. The fraction of sp³-hybridized carbons (Fsp3) is 0.607. The Bertz CT molecular complexity index is 1150. The molecule has 9 heteroatoms. The van der Waals surface area contributed by atoms with Gasteiger partial charge in [-0.1, -0.05) is 32.0 Å². The first-order valence-electron chi connectivity index (χ1n) is 13.3. The summed E-state index contributed by atoms with van der Waals surface area (Å²) in [6.07, 6.45) is 3.04. The van der Waals surface area contributed by atoms with Gasteiger partial charge in [0.2, 0.25) is 11.8 Å². The van der Waals surface area contributed by atoms with Crippen molar-refractivity contribution in [2.24, 2.45) is 28.4 Å². The van der Waals surface area contributed by atoms with E-state index in [1.807, 2.05) is 42.2 Å². The number of nitrogens with zero attached hydrogens (tertiary/aromatic N) is 2. The highest BCUT2D eigenvalue weighted by atomic mass is 32.1. The predicted molar refractivity (Wildman–Crippen MR) is 143 cm³/mol. The van der Waals surface area contributed by atoms with Gasteiger partial charge in [-0.3, -0.25) is 9.59 Å². The number of thiazole rings is 1. The maximum Gasteiger partial charge on any atom is 0.223 e. The van der Waals surface area contributed by atoms with Crippen molar-refractivity contribution in [3.8, 4) is 0 Å². The van der Waals surface area contributed by atoms with Crippen molar-refractivity contribution in [2.75, 3.05) is 25.0 Å². The number of nitrogens with one attached hydrogen (secondary N) is 1. The van der Waals surface area contributed by atoms with E-state index in [9.17, 15) is 19.8 Å². The van der Waals surface area contributed by atoms with Crippen LogP contribution in [0.15, 0.2) is 30.3 Å². The summed E-state index contributed by atoms with van der Waals surface area (Å²) in [5.74, 6) is -0.483. The van der Waals surface area contributed by atoms with Crippen LogP contribution in [0.5, 0.6) is 0 Å². The van der Waals surface area contributed by atoms with E-state index in [2.05, 4.69) is 12.2 Å². The summed E-state index contributed by atoms with van der Waals surface area (Å²) in [6.45, 7) is 5.19. The number of benzene rings is 1. The van der Waals surface area contributed by atoms with Gasteiger partial charge in [0, 0.05) is 47.3 Å². The van der Waals surface area contributed by atoms with Gasteiger partial charge in [-0.25, -0.2) is 4.98 Å². The van der Waals surface area contributed by atoms with Crippen molar-refractivity contribution in [1.82, 2.24) is 9.88 Å². The first-order valence-corrected chi connectivity index (χ1v) is 14.1. The fourth-order valence-corrected chi connectivity index (χ4v) is 8.15. The lowest BCUT2D eigenvalue weighted by Crippen LogP contribution is -2.58. The number of carbonyl (C=O) groups excluding carboxylic acids is 2. The molecule has 2 aromatic rings. The Morgan fingerprint density at radius 2 is 1.89 bits per heavy atom. The van der Waals surface area contributed by atoms with Crippen molar-refractivity contribution in [3.63, 3.8) is 0 Å². The molecule has 5 atom stereocenters. The smallest absolute Gasteiger partial charge is 0.223 e. The average molecular weight is 527 g/mol. The largest absolute Gasteiger partial charge is 0.396 e. The number of piperidine rings is 1. The van der Waals surface area contributed by atoms with Crippen molar-refractivity contribution in [1.29, 1.82) is 0 Å². The fourth-order valence-electron chi connectivity index (χ4n) is 7.06. The van der Waals surface area contributed by atoms with Gasteiger partial charge >= 0.3 is 0 Å². The van der Waals surface area contributed by atoms with E-state index in [0.29, 0.717) is 38.8 Å². The van der Waals surface area contributed by atoms with Gasteiger partial charge in [0.25, 0.3) is 0 Å². The van der Waals surface area contributed by atoms with E-state index < -0.39 is 11.5 Å². The minimum Gasteiger partial charge on any atom is -0.396 e. The van der Waals surface area contributed by atoms with Crippen molar-refractivity contribution >= 4 is 34.0 Å². The number of aliphatic hydroxyl groups excluding tert-OH is 2. The van der Waals surface area contributed by atoms with Crippen LogP contribution in [-0.2, 0) is 16.0 Å². The van der Waals surface area contributed by atoms with Crippen LogP contribution in [0.25, 0.3) is 0 Å². The van der Waals surface area contributed by atoms with Gasteiger partial charge in [-0.2, -0.15) is 0 Å². The van der Waals surface area contributed by atoms with E-state index in [1.54, 1.807) is 11.3 Å². The van der Waals surface area contributed by atoms with Crippen molar-refractivity contribution in [3.05, 3.63) is 40.9 Å². The zero-order valence-electron chi connectivity index (χ0n) is 21.7. The molecule has 8 nitrogen and oxygen atoms in total. The van der Waals surface area contributed by atoms with Crippen LogP contribution in [-0.4, -0.2) is 57.7 Å². The molecule has 1 saturated carbocycles. The van der Waals surface area contributed by atoms with Gasteiger partial charge in [0.15, 0.2) is 5.13 Å². The van der Waals surface area contributed by atoms with E-state index in [0.717, 1.165) is 34.2 Å². The zero-order chi connectivity index (χ0) is 26.4. The maximum atomic E-state index is 13.6. The monoisotopic (exact) mass is 526 g/mol. The Morgan fingerprint density at radius 3 is 2.54 bits per heavy atom. The summed E-state index contributed by atoms with van der Waals surface area (Å²) in [5, 5.41) is 25.7. The molecule has 3 aliphatic rings. The number of hydrogen-bond donors (Lipinski definition) is 4. The molecule has 0 unspecified atom stereocenters. The van der Waals surface area contributed by atoms with Crippen molar-refractivity contribution < 1.29 is 19.8 Å². The molecule has 2 heterocycles. The number of amides is 2. The molecule has 2 amide bonds. The first kappa shape index (κ1) is 26.1. The van der Waals surface area contributed by atoms with Crippen LogP contribution in [0.2, 0.25) is 0 Å². The Labute approximate surface area is 222 Å². The normalized spacial score (nSPS) is 31.9. The minimum atomic E-state index is -0.650.